The first-order chi connectivity index (χ1) is 13.0. The van der Waals surface area contributed by atoms with Crippen LogP contribution in [0.4, 0.5) is 11.4 Å². The second-order valence-corrected chi connectivity index (χ2v) is 6.89. The number of anilines is 2. The van der Waals surface area contributed by atoms with E-state index in [0.29, 0.717) is 5.69 Å². The van der Waals surface area contributed by atoms with Crippen LogP contribution in [-0.2, 0) is 27.3 Å². The van der Waals surface area contributed by atoms with Crippen molar-refractivity contribution in [3.63, 3.8) is 0 Å². The fourth-order valence-electron chi connectivity index (χ4n) is 3.72. The molecule has 0 unspecified atom stereocenters. The van der Waals surface area contributed by atoms with E-state index in [2.05, 4.69) is 15.6 Å². The predicted molar refractivity (Wildman–Crippen MR) is 100 cm³/mol. The number of nitrogens with zero attached hydrogens (tertiary/aromatic N) is 2. The number of carbonyl (C=O) groups is 3. The normalized spacial score (nSPS) is 17.4. The number of aromatic nitrogens is 1. The summed E-state index contributed by atoms with van der Waals surface area (Å²) in [4.78, 5) is 42.5. The summed E-state index contributed by atoms with van der Waals surface area (Å²) >= 11 is 0. The zero-order valence-corrected chi connectivity index (χ0v) is 15.0. The van der Waals surface area contributed by atoms with Crippen molar-refractivity contribution in [2.24, 2.45) is 0 Å². The lowest BCUT2D eigenvalue weighted by Crippen LogP contribution is -2.35. The van der Waals surface area contributed by atoms with Gasteiger partial charge in [-0.1, -0.05) is 6.07 Å². The minimum atomic E-state index is -0.726. The van der Waals surface area contributed by atoms with E-state index in [1.807, 2.05) is 24.0 Å². The second kappa shape index (κ2) is 6.83. The van der Waals surface area contributed by atoms with Gasteiger partial charge in [-0.25, -0.2) is 0 Å². The van der Waals surface area contributed by atoms with Crippen LogP contribution in [0.3, 0.4) is 0 Å². The van der Waals surface area contributed by atoms with Crippen LogP contribution < -0.4 is 15.5 Å². The van der Waals surface area contributed by atoms with Gasteiger partial charge in [0.05, 0.1) is 11.6 Å². The molecule has 7 nitrogen and oxygen atoms in total. The van der Waals surface area contributed by atoms with Gasteiger partial charge in [-0.15, -0.1) is 0 Å². The molecule has 2 aromatic rings. The molecule has 1 aromatic heterocycles. The zero-order valence-electron chi connectivity index (χ0n) is 15.0. The SMILES string of the molecule is C[C@H]1C(=O)N2CCCc3cc(NC(=O)C(=O)NCc4cccnc4)cc1c32. The standard InChI is InChI=1S/C20H20N4O3/c1-12-16-9-15(8-14-5-3-7-24(17(14)16)20(12)27)23-19(26)18(25)22-11-13-4-2-6-21-10-13/h2,4,6,8-10,12H,3,5,7,11H2,1H3,(H,22,25)(H,23,26)/t12-/m1/s1. The first-order valence-corrected chi connectivity index (χ1v) is 9.01. The van der Waals surface area contributed by atoms with E-state index >= 15 is 0 Å². The Morgan fingerprint density at radius 3 is 2.93 bits per heavy atom. The van der Waals surface area contributed by atoms with Crippen molar-refractivity contribution in [1.29, 1.82) is 0 Å². The van der Waals surface area contributed by atoms with Crippen LogP contribution >= 0.6 is 0 Å². The van der Waals surface area contributed by atoms with Gasteiger partial charge in [0, 0.05) is 31.2 Å². The van der Waals surface area contributed by atoms with Gasteiger partial charge in [0.25, 0.3) is 0 Å². The average molecular weight is 364 g/mol. The summed E-state index contributed by atoms with van der Waals surface area (Å²) in [6.07, 6.45) is 5.03. The zero-order chi connectivity index (χ0) is 19.0. The topological polar surface area (TPSA) is 91.4 Å². The lowest BCUT2D eigenvalue weighted by Gasteiger charge is -2.26. The Kier molecular flexibility index (Phi) is 4.35. The lowest BCUT2D eigenvalue weighted by atomic mass is 9.96. The van der Waals surface area contributed by atoms with Gasteiger partial charge in [-0.3, -0.25) is 19.4 Å². The molecule has 4 rings (SSSR count). The molecule has 7 heteroatoms. The van der Waals surface area contributed by atoms with Gasteiger partial charge in [-0.2, -0.15) is 0 Å². The largest absolute Gasteiger partial charge is 0.344 e. The molecule has 2 aliphatic rings. The number of hydrogen-bond donors (Lipinski definition) is 2. The number of aryl methyl sites for hydroxylation is 1. The number of amides is 3. The molecular formula is C20H20N4O3. The highest BCUT2D eigenvalue weighted by Crippen LogP contribution is 2.44. The lowest BCUT2D eigenvalue weighted by molar-refractivity contribution is -0.136. The van der Waals surface area contributed by atoms with Gasteiger partial charge < -0.3 is 15.5 Å². The third-order valence-corrected chi connectivity index (χ3v) is 5.06. The van der Waals surface area contributed by atoms with Crippen molar-refractivity contribution in [3.05, 3.63) is 53.3 Å². The molecular weight excluding hydrogens is 344 g/mol. The Morgan fingerprint density at radius 2 is 2.15 bits per heavy atom. The molecule has 1 atom stereocenters. The molecule has 3 amide bonds. The fraction of sp³-hybridized carbons (Fsp3) is 0.300. The maximum Gasteiger partial charge on any atom is 0.313 e. The summed E-state index contributed by atoms with van der Waals surface area (Å²) in [5.74, 6) is -1.56. The quantitative estimate of drug-likeness (QED) is 0.812. The third-order valence-electron chi connectivity index (χ3n) is 5.06. The summed E-state index contributed by atoms with van der Waals surface area (Å²) in [6.45, 7) is 2.85. The van der Waals surface area contributed by atoms with Crippen LogP contribution in [-0.4, -0.2) is 29.3 Å². The summed E-state index contributed by atoms with van der Waals surface area (Å²) in [7, 11) is 0. The Hall–Kier alpha value is -3.22. The van der Waals surface area contributed by atoms with Crippen LogP contribution in [0.25, 0.3) is 0 Å². The molecule has 0 radical (unpaired) electrons. The fourth-order valence-corrected chi connectivity index (χ4v) is 3.72. The van der Waals surface area contributed by atoms with Gasteiger partial charge >= 0.3 is 11.8 Å². The molecule has 1 aromatic carbocycles. The third kappa shape index (κ3) is 3.16. The molecule has 2 aliphatic heterocycles. The van der Waals surface area contributed by atoms with Crippen molar-refractivity contribution < 1.29 is 14.4 Å². The highest BCUT2D eigenvalue weighted by Gasteiger charge is 2.38. The molecule has 27 heavy (non-hydrogen) atoms. The van der Waals surface area contributed by atoms with Crippen molar-refractivity contribution in [3.8, 4) is 0 Å². The maximum atomic E-state index is 12.4. The van der Waals surface area contributed by atoms with Crippen LogP contribution in [0.2, 0.25) is 0 Å². The monoisotopic (exact) mass is 364 g/mol. The van der Waals surface area contributed by atoms with Crippen molar-refractivity contribution in [2.45, 2.75) is 32.2 Å². The summed E-state index contributed by atoms with van der Waals surface area (Å²) < 4.78 is 0. The summed E-state index contributed by atoms with van der Waals surface area (Å²) in [5, 5.41) is 5.24. The molecule has 0 saturated carbocycles. The number of rotatable bonds is 3. The van der Waals surface area contributed by atoms with E-state index in [1.165, 1.54) is 0 Å². The van der Waals surface area contributed by atoms with E-state index < -0.39 is 11.8 Å². The first kappa shape index (κ1) is 17.2. The number of benzene rings is 1. The molecule has 3 heterocycles. The Morgan fingerprint density at radius 1 is 1.30 bits per heavy atom. The molecule has 2 N–H and O–H groups in total. The smallest absolute Gasteiger partial charge is 0.313 e. The number of pyridine rings is 1. The van der Waals surface area contributed by atoms with Crippen molar-refractivity contribution >= 4 is 29.1 Å². The molecule has 0 saturated heterocycles. The molecule has 138 valence electrons. The molecule has 0 spiro atoms. The minimum absolute atomic E-state index is 0.101. The molecule has 0 fully saturated rings. The van der Waals surface area contributed by atoms with Crippen molar-refractivity contribution in [1.82, 2.24) is 10.3 Å². The van der Waals surface area contributed by atoms with Crippen molar-refractivity contribution in [2.75, 3.05) is 16.8 Å². The average Bonchev–Trinajstić information content (AvgIpc) is 2.93. The van der Waals surface area contributed by atoms with Crippen LogP contribution in [0.1, 0.15) is 36.0 Å². The van der Waals surface area contributed by atoms with Crippen LogP contribution in [0, 0.1) is 0 Å². The number of carbonyl (C=O) groups excluding carboxylic acids is 3. The first-order valence-electron chi connectivity index (χ1n) is 9.01. The van der Waals surface area contributed by atoms with E-state index in [0.717, 1.165) is 41.8 Å². The van der Waals surface area contributed by atoms with Gasteiger partial charge in [-0.05, 0) is 54.7 Å². The van der Waals surface area contributed by atoms with E-state index in [-0.39, 0.29) is 18.4 Å². The summed E-state index contributed by atoms with van der Waals surface area (Å²) in [5.41, 5.74) is 4.31. The second-order valence-electron chi connectivity index (χ2n) is 6.89. The van der Waals surface area contributed by atoms with Crippen LogP contribution in [0.5, 0.6) is 0 Å². The van der Waals surface area contributed by atoms with Gasteiger partial charge in [0.2, 0.25) is 5.91 Å². The Balaban J connectivity index is 1.48. The van der Waals surface area contributed by atoms with E-state index in [4.69, 9.17) is 0 Å². The van der Waals surface area contributed by atoms with Gasteiger partial charge in [0.15, 0.2) is 0 Å². The predicted octanol–water partition coefficient (Wildman–Crippen LogP) is 1.73. The highest BCUT2D eigenvalue weighted by atomic mass is 16.2. The number of nitrogens with one attached hydrogen (secondary N) is 2. The number of hydrogen-bond acceptors (Lipinski definition) is 4. The molecule has 0 bridgehead atoms. The van der Waals surface area contributed by atoms with E-state index in [1.54, 1.807) is 24.5 Å². The Labute approximate surface area is 156 Å². The maximum absolute atomic E-state index is 12.4. The van der Waals surface area contributed by atoms with Crippen LogP contribution in [0.15, 0.2) is 36.7 Å². The Bertz CT molecular complexity index is 926. The van der Waals surface area contributed by atoms with Gasteiger partial charge in [0.1, 0.15) is 0 Å². The summed E-state index contributed by atoms with van der Waals surface area (Å²) in [6, 6.07) is 7.26. The van der Waals surface area contributed by atoms with E-state index in [9.17, 15) is 14.4 Å². The highest BCUT2D eigenvalue weighted by molar-refractivity contribution is 6.39. The molecule has 0 aliphatic carbocycles. The minimum Gasteiger partial charge on any atom is -0.344 e.